The summed E-state index contributed by atoms with van der Waals surface area (Å²) in [6.45, 7) is 2.62. The number of hydrogen-bond donors (Lipinski definition) is 1. The van der Waals surface area contributed by atoms with Crippen LogP contribution in [0.1, 0.15) is 13.3 Å². The van der Waals surface area contributed by atoms with Crippen molar-refractivity contribution in [2.75, 3.05) is 19.0 Å². The minimum absolute atomic E-state index is 0.340. The molecule has 0 fully saturated rings. The van der Waals surface area contributed by atoms with Gasteiger partial charge in [-0.2, -0.15) is 20.1 Å². The van der Waals surface area contributed by atoms with Crippen molar-refractivity contribution in [1.82, 2.24) is 24.7 Å². The van der Waals surface area contributed by atoms with Crippen molar-refractivity contribution < 1.29 is 4.74 Å². The third kappa shape index (κ3) is 3.82. The van der Waals surface area contributed by atoms with Gasteiger partial charge >= 0.3 is 6.01 Å². The maximum Gasteiger partial charge on any atom is 0.322 e. The SMILES string of the molecule is CCCOc1nc(NC)nc(Sc2cnn(C)c2)n1. The first kappa shape index (κ1) is 13.6. The van der Waals surface area contributed by atoms with E-state index in [9.17, 15) is 0 Å². The lowest BCUT2D eigenvalue weighted by Crippen LogP contribution is -2.05. The number of aryl methyl sites for hydroxylation is 1. The van der Waals surface area contributed by atoms with Crippen molar-refractivity contribution in [3.63, 3.8) is 0 Å². The Labute approximate surface area is 115 Å². The Morgan fingerprint density at radius 3 is 2.84 bits per heavy atom. The quantitative estimate of drug-likeness (QED) is 0.860. The highest BCUT2D eigenvalue weighted by Gasteiger charge is 2.09. The maximum absolute atomic E-state index is 5.44. The summed E-state index contributed by atoms with van der Waals surface area (Å²) in [6.07, 6.45) is 4.58. The van der Waals surface area contributed by atoms with Crippen LogP contribution in [0.15, 0.2) is 22.4 Å². The fourth-order valence-electron chi connectivity index (χ4n) is 1.31. The van der Waals surface area contributed by atoms with Crippen molar-refractivity contribution in [3.8, 4) is 6.01 Å². The molecule has 0 aliphatic heterocycles. The zero-order valence-corrected chi connectivity index (χ0v) is 11.9. The van der Waals surface area contributed by atoms with Gasteiger partial charge in [0, 0.05) is 20.3 Å². The Bertz CT molecular complexity index is 544. The van der Waals surface area contributed by atoms with Gasteiger partial charge in [0.2, 0.25) is 11.1 Å². The van der Waals surface area contributed by atoms with Crippen molar-refractivity contribution in [3.05, 3.63) is 12.4 Å². The monoisotopic (exact) mass is 280 g/mol. The molecule has 19 heavy (non-hydrogen) atoms. The number of ether oxygens (including phenoxy) is 1. The summed E-state index contributed by atoms with van der Waals surface area (Å²) in [4.78, 5) is 13.7. The molecule has 102 valence electrons. The van der Waals surface area contributed by atoms with Crippen molar-refractivity contribution >= 4 is 17.7 Å². The fourth-order valence-corrected chi connectivity index (χ4v) is 2.08. The van der Waals surface area contributed by atoms with Crippen LogP contribution in [-0.4, -0.2) is 38.4 Å². The van der Waals surface area contributed by atoms with Crippen LogP contribution in [0, 0.1) is 0 Å². The lowest BCUT2D eigenvalue weighted by Gasteiger charge is -2.06. The summed E-state index contributed by atoms with van der Waals surface area (Å²) in [5.41, 5.74) is 0. The minimum atomic E-state index is 0.340. The topological polar surface area (TPSA) is 77.8 Å². The van der Waals surface area contributed by atoms with Crippen LogP contribution in [-0.2, 0) is 7.05 Å². The molecule has 8 heteroatoms. The molecule has 0 amide bonds. The second kappa shape index (κ2) is 6.37. The predicted molar refractivity (Wildman–Crippen MR) is 72.5 cm³/mol. The molecule has 2 rings (SSSR count). The average Bonchev–Trinajstić information content (AvgIpc) is 2.81. The average molecular weight is 280 g/mol. The van der Waals surface area contributed by atoms with E-state index >= 15 is 0 Å². The van der Waals surface area contributed by atoms with E-state index in [0.29, 0.717) is 23.7 Å². The molecule has 0 saturated heterocycles. The second-order valence-electron chi connectivity index (χ2n) is 3.77. The first-order chi connectivity index (χ1) is 9.21. The standard InChI is InChI=1S/C11H16N6OS/c1-4-5-18-10-14-9(12-2)15-11(16-10)19-8-6-13-17(3)7-8/h6-7H,4-5H2,1-3H3,(H,12,14,15,16). The highest BCUT2D eigenvalue weighted by molar-refractivity contribution is 7.99. The normalized spacial score (nSPS) is 10.5. The van der Waals surface area contributed by atoms with Crippen LogP contribution >= 0.6 is 11.8 Å². The van der Waals surface area contributed by atoms with Crippen LogP contribution in [0.3, 0.4) is 0 Å². The molecule has 0 aliphatic carbocycles. The van der Waals surface area contributed by atoms with Gasteiger partial charge in [-0.1, -0.05) is 6.92 Å². The van der Waals surface area contributed by atoms with Gasteiger partial charge in [-0.05, 0) is 18.2 Å². The maximum atomic E-state index is 5.44. The molecule has 2 heterocycles. The molecule has 0 aromatic carbocycles. The van der Waals surface area contributed by atoms with Gasteiger partial charge in [-0.25, -0.2) is 0 Å². The number of anilines is 1. The first-order valence-corrected chi connectivity index (χ1v) is 6.76. The minimum Gasteiger partial charge on any atom is -0.463 e. The summed E-state index contributed by atoms with van der Waals surface area (Å²) in [5.74, 6) is 0.493. The van der Waals surface area contributed by atoms with E-state index < -0.39 is 0 Å². The third-order valence-electron chi connectivity index (χ3n) is 2.14. The molecule has 0 saturated carbocycles. The van der Waals surface area contributed by atoms with Gasteiger partial charge in [-0.15, -0.1) is 0 Å². The molecule has 0 radical (unpaired) electrons. The fraction of sp³-hybridized carbons (Fsp3) is 0.455. The van der Waals surface area contributed by atoms with Gasteiger partial charge in [-0.3, -0.25) is 4.68 Å². The summed E-state index contributed by atoms with van der Waals surface area (Å²) in [6, 6.07) is 0.340. The highest BCUT2D eigenvalue weighted by Crippen LogP contribution is 2.25. The molecule has 0 aliphatic rings. The van der Waals surface area contributed by atoms with Crippen LogP contribution in [0.4, 0.5) is 5.95 Å². The number of nitrogens with zero attached hydrogens (tertiary/aromatic N) is 5. The van der Waals surface area contributed by atoms with Gasteiger partial charge in [0.15, 0.2) is 0 Å². The summed E-state index contributed by atoms with van der Waals surface area (Å²) < 4.78 is 7.18. The van der Waals surface area contributed by atoms with E-state index in [4.69, 9.17) is 4.74 Å². The summed E-state index contributed by atoms with van der Waals surface area (Å²) >= 11 is 1.42. The molecular weight excluding hydrogens is 264 g/mol. The van der Waals surface area contributed by atoms with Crippen molar-refractivity contribution in [2.24, 2.45) is 7.05 Å². The number of rotatable bonds is 6. The molecule has 2 aromatic heterocycles. The molecule has 0 spiro atoms. The summed E-state index contributed by atoms with van der Waals surface area (Å²) in [7, 11) is 3.63. The third-order valence-corrected chi connectivity index (χ3v) is 2.96. The number of aromatic nitrogens is 5. The van der Waals surface area contributed by atoms with Gasteiger partial charge in [0.1, 0.15) is 0 Å². The molecule has 2 aromatic rings. The Kier molecular flexibility index (Phi) is 4.56. The van der Waals surface area contributed by atoms with Crippen LogP contribution in [0.5, 0.6) is 6.01 Å². The zero-order valence-electron chi connectivity index (χ0n) is 11.1. The van der Waals surface area contributed by atoms with E-state index in [1.54, 1.807) is 17.9 Å². The van der Waals surface area contributed by atoms with Gasteiger partial charge in [0.05, 0.1) is 17.7 Å². The largest absolute Gasteiger partial charge is 0.463 e. The van der Waals surface area contributed by atoms with Crippen molar-refractivity contribution in [2.45, 2.75) is 23.4 Å². The van der Waals surface area contributed by atoms with E-state index in [-0.39, 0.29) is 0 Å². The smallest absolute Gasteiger partial charge is 0.322 e. The molecule has 7 nitrogen and oxygen atoms in total. The van der Waals surface area contributed by atoms with E-state index in [1.165, 1.54) is 11.8 Å². The predicted octanol–water partition coefficient (Wildman–Crippen LogP) is 1.59. The zero-order chi connectivity index (χ0) is 13.7. The lowest BCUT2D eigenvalue weighted by molar-refractivity contribution is 0.288. The Hall–Kier alpha value is -1.83. The molecule has 1 N–H and O–H groups in total. The Balaban J connectivity index is 2.18. The highest BCUT2D eigenvalue weighted by atomic mass is 32.2. The van der Waals surface area contributed by atoms with E-state index in [2.05, 4.69) is 25.4 Å². The molecule has 0 bridgehead atoms. The number of nitrogens with one attached hydrogen (secondary N) is 1. The molecule has 0 unspecified atom stereocenters. The number of hydrogen-bond acceptors (Lipinski definition) is 7. The Morgan fingerprint density at radius 1 is 1.37 bits per heavy atom. The van der Waals surface area contributed by atoms with Gasteiger partial charge < -0.3 is 10.1 Å². The van der Waals surface area contributed by atoms with Gasteiger partial charge in [0.25, 0.3) is 0 Å². The molecule has 0 atom stereocenters. The Morgan fingerprint density at radius 2 is 2.21 bits per heavy atom. The second-order valence-corrected chi connectivity index (χ2v) is 4.82. The van der Waals surface area contributed by atoms with Crippen molar-refractivity contribution in [1.29, 1.82) is 0 Å². The lowest BCUT2D eigenvalue weighted by atomic mass is 10.5. The van der Waals surface area contributed by atoms with Crippen LogP contribution < -0.4 is 10.1 Å². The molecular formula is C11H16N6OS. The van der Waals surface area contributed by atoms with E-state index in [1.807, 2.05) is 20.2 Å². The van der Waals surface area contributed by atoms with E-state index in [0.717, 1.165) is 11.3 Å². The summed E-state index contributed by atoms with van der Waals surface area (Å²) in [5, 5.41) is 7.59. The van der Waals surface area contributed by atoms with Crippen LogP contribution in [0.25, 0.3) is 0 Å². The first-order valence-electron chi connectivity index (χ1n) is 5.94. The van der Waals surface area contributed by atoms with Crippen LogP contribution in [0.2, 0.25) is 0 Å².